The molecule has 3 aromatic rings. The monoisotopic (exact) mass is 769 g/mol. The van der Waals surface area contributed by atoms with Crippen LogP contribution in [0.2, 0.25) is 0 Å². The minimum absolute atomic E-state index is 0.185. The van der Waals surface area contributed by atoms with Gasteiger partial charge in [0.2, 0.25) is 0 Å². The summed E-state index contributed by atoms with van der Waals surface area (Å²) < 4.78 is 146. The molecule has 2 bridgehead atoms. The Morgan fingerprint density at radius 1 is 0.920 bits per heavy atom. The largest absolute Gasteiger partial charge is 0.368 e. The zero-order chi connectivity index (χ0) is 37.0. The molecular formula is C28H25N4O14S4+. The van der Waals surface area contributed by atoms with Crippen molar-refractivity contribution in [3.63, 3.8) is 0 Å². The summed E-state index contributed by atoms with van der Waals surface area (Å²) in [5.74, 6) is -1.28. The Morgan fingerprint density at radius 3 is 2.10 bits per heavy atom. The number of rotatable bonds is 7. The number of urea groups is 1. The molecule has 0 fully saturated rings. The molecule has 1 aromatic heterocycles. The summed E-state index contributed by atoms with van der Waals surface area (Å²) in [6.07, 6.45) is 1.95. The molecule has 3 unspecified atom stereocenters. The minimum atomic E-state index is -5.74. The van der Waals surface area contributed by atoms with Gasteiger partial charge in [-0.25, -0.2) is 14.1 Å². The van der Waals surface area contributed by atoms with Gasteiger partial charge in [-0.2, -0.15) is 38.7 Å². The first-order valence-electron chi connectivity index (χ1n) is 14.0. The van der Waals surface area contributed by atoms with Gasteiger partial charge in [-0.3, -0.25) is 18.2 Å². The Labute approximate surface area is 284 Å². The highest BCUT2D eigenvalue weighted by atomic mass is 32.2. The van der Waals surface area contributed by atoms with Gasteiger partial charge in [-0.15, -0.1) is 0 Å². The number of carbonyl (C=O) groups excluding carboxylic acids is 2. The third-order valence-corrected chi connectivity index (χ3v) is 13.4. The molecule has 2 aromatic carbocycles. The maximum atomic E-state index is 15.1. The van der Waals surface area contributed by atoms with E-state index in [1.165, 1.54) is 36.0 Å². The zero-order valence-electron chi connectivity index (χ0n) is 25.5. The number of carbonyl (C=O) groups is 2. The fourth-order valence-corrected chi connectivity index (χ4v) is 10.4. The van der Waals surface area contributed by atoms with Crippen LogP contribution in [0.15, 0.2) is 81.3 Å². The standard InChI is InChI=1S/C28H24N4O14S4/c1-31-13-5-8-18(31)26(33)32(2,28(50(44,45)46)12-11-16-15(14-28)6-3-9-19(16)47(35,36)37)24-21-17(7-4-10-20(21)48(38,39)40)22-25(49(41,42)43)23(24)30-27(34)29-22/h3-13,25H,14H2,1-2H3,(H4-,29,30,34,35,36,37,38,39,40,41,42,43,44,45,46)/p+1. The molecule has 1 aliphatic heterocycles. The molecule has 18 nitrogen and oxygen atoms in total. The number of amides is 3. The fraction of sp³-hybridized carbons (Fsp3) is 0.179. The Bertz CT molecular complexity index is 2620. The normalized spacial score (nSPS) is 21.8. The molecule has 5 N–H and O–H groups in total. The van der Waals surface area contributed by atoms with Crippen LogP contribution in [0, 0.1) is 0 Å². The van der Waals surface area contributed by atoms with Crippen LogP contribution in [0.4, 0.5) is 4.79 Å². The third-order valence-electron chi connectivity index (χ3n) is 8.95. The molecule has 2 heterocycles. The van der Waals surface area contributed by atoms with E-state index in [1.807, 2.05) is 0 Å². The number of aromatic nitrogens is 1. The van der Waals surface area contributed by atoms with Crippen LogP contribution in [0.25, 0.3) is 11.8 Å². The van der Waals surface area contributed by atoms with Gasteiger partial charge in [0.05, 0.1) is 24.7 Å². The van der Waals surface area contributed by atoms with Crippen molar-refractivity contribution in [3.05, 3.63) is 94.4 Å². The number of aliphatic imine (C=N–C) groups is 1. The second kappa shape index (κ2) is 11.1. The summed E-state index contributed by atoms with van der Waals surface area (Å²) >= 11 is 0. The number of quaternary nitrogens is 1. The molecule has 0 radical (unpaired) electrons. The third kappa shape index (κ3) is 5.10. The van der Waals surface area contributed by atoms with Crippen molar-refractivity contribution in [2.45, 2.75) is 26.3 Å². The van der Waals surface area contributed by atoms with Crippen LogP contribution < -0.4 is 5.32 Å². The van der Waals surface area contributed by atoms with Crippen LogP contribution in [0.5, 0.6) is 0 Å². The quantitative estimate of drug-likeness (QED) is 0.166. The van der Waals surface area contributed by atoms with Crippen molar-refractivity contribution in [1.82, 2.24) is 9.88 Å². The van der Waals surface area contributed by atoms with E-state index in [0.29, 0.717) is 6.08 Å². The van der Waals surface area contributed by atoms with Crippen LogP contribution in [0.1, 0.15) is 32.7 Å². The van der Waals surface area contributed by atoms with Crippen molar-refractivity contribution in [2.24, 2.45) is 12.0 Å². The number of hydrogen-bond donors (Lipinski definition) is 5. The number of fused-ring (bicyclic) bond motifs is 5. The second-order valence-corrected chi connectivity index (χ2v) is 17.6. The topological polar surface area (TPSA) is 281 Å². The second-order valence-electron chi connectivity index (χ2n) is 11.7. The Balaban J connectivity index is 1.88. The van der Waals surface area contributed by atoms with Crippen molar-refractivity contribution in [3.8, 4) is 0 Å². The first-order chi connectivity index (χ1) is 22.9. The van der Waals surface area contributed by atoms with Gasteiger partial charge >= 0.3 is 22.1 Å². The van der Waals surface area contributed by atoms with Gasteiger partial charge < -0.3 is 9.88 Å². The molecule has 264 valence electrons. The Morgan fingerprint density at radius 2 is 1.54 bits per heavy atom. The van der Waals surface area contributed by atoms with Gasteiger partial charge in [0, 0.05) is 18.8 Å². The molecule has 3 aliphatic rings. The maximum absolute atomic E-state index is 15.1. The van der Waals surface area contributed by atoms with Crippen molar-refractivity contribution in [1.29, 1.82) is 0 Å². The van der Waals surface area contributed by atoms with Crippen LogP contribution >= 0.6 is 0 Å². The number of aryl methyl sites for hydroxylation is 1. The van der Waals surface area contributed by atoms with Gasteiger partial charge in [-0.05, 0) is 47.5 Å². The highest BCUT2D eigenvalue weighted by Gasteiger charge is 2.67. The van der Waals surface area contributed by atoms with E-state index in [1.54, 1.807) is 0 Å². The van der Waals surface area contributed by atoms with E-state index in [2.05, 4.69) is 10.3 Å². The van der Waals surface area contributed by atoms with Crippen molar-refractivity contribution in [2.75, 3.05) is 7.05 Å². The lowest BCUT2D eigenvalue weighted by Gasteiger charge is -2.49. The number of hydrogen-bond acceptors (Lipinski definition) is 10. The minimum Gasteiger partial charge on any atom is -0.343 e. The summed E-state index contributed by atoms with van der Waals surface area (Å²) in [6, 6.07) is 7.56. The van der Waals surface area contributed by atoms with E-state index in [0.717, 1.165) is 43.5 Å². The molecule has 22 heteroatoms. The van der Waals surface area contributed by atoms with Gasteiger partial charge in [0.25, 0.3) is 35.2 Å². The van der Waals surface area contributed by atoms with Crippen molar-refractivity contribution >= 4 is 69.9 Å². The van der Waals surface area contributed by atoms with Crippen molar-refractivity contribution < 1.29 is 66.0 Å². The molecular weight excluding hydrogens is 745 g/mol. The van der Waals surface area contributed by atoms with Gasteiger partial charge in [0.1, 0.15) is 21.2 Å². The predicted molar refractivity (Wildman–Crippen MR) is 173 cm³/mol. The summed E-state index contributed by atoms with van der Waals surface area (Å²) in [4.78, 5) is 27.0. The Kier molecular flexibility index (Phi) is 7.83. The molecule has 50 heavy (non-hydrogen) atoms. The molecule has 0 saturated heterocycles. The molecule has 2 aliphatic carbocycles. The highest BCUT2D eigenvalue weighted by molar-refractivity contribution is 7.88. The lowest BCUT2D eigenvalue weighted by Crippen LogP contribution is -2.69. The predicted octanol–water partition coefficient (Wildman–Crippen LogP) is 1.11. The van der Waals surface area contributed by atoms with Gasteiger partial charge in [0.15, 0.2) is 10.9 Å². The lowest BCUT2D eigenvalue weighted by molar-refractivity contribution is -0.789. The molecule has 3 amide bonds. The van der Waals surface area contributed by atoms with Gasteiger partial charge in [-0.1, -0.05) is 24.3 Å². The lowest BCUT2D eigenvalue weighted by atomic mass is 9.84. The molecule has 0 spiro atoms. The highest BCUT2D eigenvalue weighted by Crippen LogP contribution is 2.52. The average Bonchev–Trinajstić information content (AvgIpc) is 3.42. The van der Waals surface area contributed by atoms with E-state index in [-0.39, 0.29) is 16.8 Å². The average molecular weight is 770 g/mol. The number of nitrogens with zero attached hydrogens (tertiary/aromatic N) is 3. The molecule has 0 saturated carbocycles. The summed E-state index contributed by atoms with van der Waals surface area (Å²) in [7, 11) is -19.2. The smallest absolute Gasteiger partial charge is 0.343 e. The first kappa shape index (κ1) is 35.4. The van der Waals surface area contributed by atoms with E-state index < -0.39 is 111 Å². The SMILES string of the molecule is Cn1cccc1C(=O)[N+](C)(C1=C2NC(=O)N=C(c3cccc(S(=O)(=O)O)c31)C2S(=O)(=O)O)C1(S(=O)(=O)O)C=Cc2c(cccc2S(=O)(=O)O)C1. The summed E-state index contributed by atoms with van der Waals surface area (Å²) in [5.41, 5.74) is -4.60. The zero-order valence-corrected chi connectivity index (χ0v) is 28.7. The van der Waals surface area contributed by atoms with E-state index >= 15 is 4.79 Å². The van der Waals surface area contributed by atoms with E-state index in [4.69, 9.17) is 0 Å². The van der Waals surface area contributed by atoms with Crippen LogP contribution in [-0.4, -0.2) is 95.8 Å². The molecule has 3 atom stereocenters. The fourth-order valence-electron chi connectivity index (χ4n) is 6.78. The number of likely N-dealkylation sites (N-methyl/N-ethyl adjacent to an activating group) is 1. The summed E-state index contributed by atoms with van der Waals surface area (Å²) in [6.45, 7) is 0. The first-order valence-corrected chi connectivity index (χ1v) is 19.8. The maximum Gasteiger partial charge on any atom is 0.368 e. The van der Waals surface area contributed by atoms with Crippen LogP contribution in [-0.2, 0) is 53.9 Å². The van der Waals surface area contributed by atoms with Crippen LogP contribution in [0.3, 0.4) is 0 Å². The van der Waals surface area contributed by atoms with E-state index in [9.17, 15) is 56.7 Å². The molecule has 6 rings (SSSR count). The number of nitrogens with one attached hydrogen (secondary N) is 1. The Hall–Kier alpha value is -4.39. The number of benzene rings is 2. The summed E-state index contributed by atoms with van der Waals surface area (Å²) in [5, 5.41) is -0.272.